The summed E-state index contributed by atoms with van der Waals surface area (Å²) in [5, 5.41) is 23.0. The first-order valence-electron chi connectivity index (χ1n) is 12.6. The maximum absolute atomic E-state index is 12.4. The topological polar surface area (TPSA) is 82.9 Å². The first-order chi connectivity index (χ1) is 16.4. The number of fused-ring (bicyclic) bond motifs is 1. The van der Waals surface area contributed by atoms with E-state index >= 15 is 0 Å². The highest BCUT2D eigenvalue weighted by Gasteiger charge is 2.41. The van der Waals surface area contributed by atoms with E-state index in [0.717, 1.165) is 52.7 Å². The predicted molar refractivity (Wildman–Crippen MR) is 138 cm³/mol. The number of carbonyl (C=O) groups is 1. The second-order valence-electron chi connectivity index (χ2n) is 10.00. The third kappa shape index (κ3) is 5.69. The summed E-state index contributed by atoms with van der Waals surface area (Å²) in [6.07, 6.45) is 8.68. The van der Waals surface area contributed by atoms with Crippen molar-refractivity contribution in [1.29, 1.82) is 0 Å². The van der Waals surface area contributed by atoms with Gasteiger partial charge in [0.25, 0.3) is 0 Å². The molecule has 2 N–H and O–H groups in total. The average Bonchev–Trinajstić information content (AvgIpc) is 3.36. The summed E-state index contributed by atoms with van der Waals surface area (Å²) in [6, 6.07) is 5.66. The molecule has 2 fully saturated rings. The van der Waals surface area contributed by atoms with Crippen LogP contribution in [0.3, 0.4) is 0 Å². The van der Waals surface area contributed by atoms with Gasteiger partial charge in [-0.2, -0.15) is 11.8 Å². The van der Waals surface area contributed by atoms with E-state index in [9.17, 15) is 15.0 Å². The van der Waals surface area contributed by atoms with Crippen molar-refractivity contribution in [3.8, 4) is 5.75 Å². The number of aliphatic hydroxyl groups is 1. The maximum Gasteiger partial charge on any atom is 0.309 e. The standard InChI is InChI=1S/C27H38N2O4S/c1-19-18-28-23-8-7-20(33-2)17-22(23)25(19)24(30)9-10-27(26(31)32)11-13-29(14-12-27)15-16-34-21-5-3-4-6-21/h7-8,17-18,21,24,30H,3-6,9-16H2,1-2H3,(H,31,32). The van der Waals surface area contributed by atoms with Crippen LogP contribution in [0.2, 0.25) is 0 Å². The molecule has 0 amide bonds. The van der Waals surface area contributed by atoms with E-state index in [1.54, 1.807) is 13.3 Å². The van der Waals surface area contributed by atoms with Crippen LogP contribution in [-0.4, -0.2) is 63.8 Å². The van der Waals surface area contributed by atoms with Crippen molar-refractivity contribution in [1.82, 2.24) is 9.88 Å². The van der Waals surface area contributed by atoms with Crippen LogP contribution in [0.4, 0.5) is 0 Å². The molecule has 1 aromatic heterocycles. The van der Waals surface area contributed by atoms with Crippen LogP contribution in [0.15, 0.2) is 24.4 Å². The predicted octanol–water partition coefficient (Wildman–Crippen LogP) is 5.21. The second-order valence-corrected chi connectivity index (χ2v) is 11.4. The Hall–Kier alpha value is -1.83. The number of piperidine rings is 1. The number of aryl methyl sites for hydroxylation is 1. The number of nitrogens with zero attached hydrogens (tertiary/aromatic N) is 2. The van der Waals surface area contributed by atoms with Crippen molar-refractivity contribution < 1.29 is 19.7 Å². The number of ether oxygens (including phenoxy) is 1. The molecule has 1 aliphatic carbocycles. The molecule has 7 heteroatoms. The summed E-state index contributed by atoms with van der Waals surface area (Å²) in [5.74, 6) is 1.13. The molecule has 1 aliphatic heterocycles. The van der Waals surface area contributed by atoms with Crippen LogP contribution in [-0.2, 0) is 4.79 Å². The number of pyridine rings is 1. The second kappa shape index (κ2) is 11.3. The summed E-state index contributed by atoms with van der Waals surface area (Å²) in [5.41, 5.74) is 1.78. The Bertz CT molecular complexity index is 984. The highest BCUT2D eigenvalue weighted by atomic mass is 32.2. The van der Waals surface area contributed by atoms with Crippen molar-refractivity contribution >= 4 is 28.6 Å². The van der Waals surface area contributed by atoms with E-state index in [1.165, 1.54) is 25.7 Å². The summed E-state index contributed by atoms with van der Waals surface area (Å²) >= 11 is 2.10. The van der Waals surface area contributed by atoms with E-state index in [0.29, 0.717) is 31.4 Å². The minimum atomic E-state index is -0.759. The summed E-state index contributed by atoms with van der Waals surface area (Å²) < 4.78 is 5.37. The third-order valence-corrected chi connectivity index (χ3v) is 9.24. The molecule has 1 saturated carbocycles. The molecule has 1 unspecified atom stereocenters. The number of thioether (sulfide) groups is 1. The van der Waals surface area contributed by atoms with Crippen molar-refractivity contribution in [2.45, 2.75) is 69.6 Å². The first-order valence-corrected chi connectivity index (χ1v) is 13.7. The Balaban J connectivity index is 1.37. The number of aliphatic hydroxyl groups excluding tert-OH is 1. The molecular formula is C27H38N2O4S. The number of hydrogen-bond acceptors (Lipinski definition) is 6. The van der Waals surface area contributed by atoms with E-state index in [4.69, 9.17) is 4.74 Å². The highest BCUT2D eigenvalue weighted by molar-refractivity contribution is 7.99. The third-order valence-electron chi connectivity index (χ3n) is 7.88. The van der Waals surface area contributed by atoms with E-state index in [-0.39, 0.29) is 0 Å². The van der Waals surface area contributed by atoms with Gasteiger partial charge in [0.15, 0.2) is 0 Å². The molecule has 2 aromatic rings. The minimum absolute atomic E-state index is 0.418. The molecule has 1 atom stereocenters. The molecule has 0 spiro atoms. The van der Waals surface area contributed by atoms with Gasteiger partial charge < -0.3 is 19.8 Å². The monoisotopic (exact) mass is 486 g/mol. The average molecular weight is 487 g/mol. The molecule has 0 bridgehead atoms. The molecule has 2 aliphatic rings. The lowest BCUT2D eigenvalue weighted by Crippen LogP contribution is -2.45. The number of benzene rings is 1. The molecule has 186 valence electrons. The molecule has 34 heavy (non-hydrogen) atoms. The largest absolute Gasteiger partial charge is 0.497 e. The van der Waals surface area contributed by atoms with Crippen LogP contribution in [0.25, 0.3) is 10.9 Å². The first kappa shape index (κ1) is 25.3. The van der Waals surface area contributed by atoms with Crippen molar-refractivity contribution in [2.75, 3.05) is 32.5 Å². The minimum Gasteiger partial charge on any atom is -0.497 e. The summed E-state index contributed by atoms with van der Waals surface area (Å²) in [4.78, 5) is 19.3. The molecule has 1 aromatic carbocycles. The lowest BCUT2D eigenvalue weighted by Gasteiger charge is -2.39. The number of carboxylic acids is 1. The Morgan fingerprint density at radius 3 is 2.71 bits per heavy atom. The zero-order valence-electron chi connectivity index (χ0n) is 20.5. The van der Waals surface area contributed by atoms with Crippen molar-refractivity contribution in [3.05, 3.63) is 35.5 Å². The van der Waals surface area contributed by atoms with Gasteiger partial charge in [-0.15, -0.1) is 0 Å². The number of aromatic nitrogens is 1. The number of methoxy groups -OCH3 is 1. The Labute approximate surface area is 207 Å². The Morgan fingerprint density at radius 1 is 1.29 bits per heavy atom. The molecule has 0 radical (unpaired) electrons. The van der Waals surface area contributed by atoms with Crippen molar-refractivity contribution in [2.24, 2.45) is 5.41 Å². The lowest BCUT2D eigenvalue weighted by molar-refractivity contribution is -0.153. The summed E-state index contributed by atoms with van der Waals surface area (Å²) in [7, 11) is 1.62. The maximum atomic E-state index is 12.4. The smallest absolute Gasteiger partial charge is 0.309 e. The van der Waals surface area contributed by atoms with Crippen LogP contribution in [0.1, 0.15) is 68.6 Å². The van der Waals surface area contributed by atoms with Crippen LogP contribution < -0.4 is 4.74 Å². The molecule has 2 heterocycles. The SMILES string of the molecule is COc1ccc2ncc(C)c(C(O)CCC3(C(=O)O)CCN(CCSC4CCCC4)CC3)c2c1. The van der Waals surface area contributed by atoms with Gasteiger partial charge in [-0.05, 0) is 87.9 Å². The quantitative estimate of drug-likeness (QED) is 0.477. The molecule has 6 nitrogen and oxygen atoms in total. The summed E-state index contributed by atoms with van der Waals surface area (Å²) in [6.45, 7) is 4.63. The van der Waals surface area contributed by atoms with Gasteiger partial charge in [0.05, 0.1) is 24.1 Å². The molecule has 4 rings (SSSR count). The Morgan fingerprint density at radius 2 is 2.03 bits per heavy atom. The van der Waals surface area contributed by atoms with Gasteiger partial charge >= 0.3 is 5.97 Å². The number of carboxylic acid groups (broad SMARTS) is 1. The van der Waals surface area contributed by atoms with Gasteiger partial charge in [0.2, 0.25) is 0 Å². The van der Waals surface area contributed by atoms with E-state index < -0.39 is 17.5 Å². The van der Waals surface area contributed by atoms with E-state index in [2.05, 4.69) is 21.6 Å². The number of hydrogen-bond donors (Lipinski definition) is 2. The number of aliphatic carboxylic acids is 1. The number of likely N-dealkylation sites (tertiary alicyclic amines) is 1. The normalized spacial score (nSPS) is 20.0. The molecule has 1 saturated heterocycles. The van der Waals surface area contributed by atoms with Crippen molar-refractivity contribution in [3.63, 3.8) is 0 Å². The van der Waals surface area contributed by atoms with Gasteiger partial charge in [-0.1, -0.05) is 12.8 Å². The number of rotatable bonds is 10. The van der Waals surface area contributed by atoms with Gasteiger partial charge in [-0.25, -0.2) is 0 Å². The van der Waals surface area contributed by atoms with Gasteiger partial charge in [-0.3, -0.25) is 9.78 Å². The molecular weight excluding hydrogens is 448 g/mol. The Kier molecular flexibility index (Phi) is 8.38. The zero-order valence-corrected chi connectivity index (χ0v) is 21.3. The fourth-order valence-electron chi connectivity index (χ4n) is 5.60. The zero-order chi connectivity index (χ0) is 24.1. The van der Waals surface area contributed by atoms with Gasteiger partial charge in [0, 0.05) is 29.1 Å². The van der Waals surface area contributed by atoms with Crippen LogP contribution >= 0.6 is 11.8 Å². The fourth-order valence-corrected chi connectivity index (χ4v) is 6.96. The van der Waals surface area contributed by atoms with Crippen LogP contribution in [0, 0.1) is 12.3 Å². The van der Waals surface area contributed by atoms with Gasteiger partial charge in [0.1, 0.15) is 5.75 Å². The lowest BCUT2D eigenvalue weighted by atomic mass is 9.74. The highest BCUT2D eigenvalue weighted by Crippen LogP contribution is 2.40. The fraction of sp³-hybridized carbons (Fsp3) is 0.630. The van der Waals surface area contributed by atoms with Crippen LogP contribution in [0.5, 0.6) is 5.75 Å². The van der Waals surface area contributed by atoms with E-state index in [1.807, 2.05) is 25.1 Å².